The maximum absolute atomic E-state index is 9.32. The minimum absolute atomic E-state index is 0.266. The van der Waals surface area contributed by atoms with Crippen LogP contribution in [0.4, 0.5) is 0 Å². The molecule has 19 heavy (non-hydrogen) atoms. The predicted molar refractivity (Wildman–Crippen MR) is 72.4 cm³/mol. The van der Waals surface area contributed by atoms with Crippen molar-refractivity contribution in [1.29, 1.82) is 0 Å². The van der Waals surface area contributed by atoms with E-state index in [4.69, 9.17) is 0 Å². The van der Waals surface area contributed by atoms with Crippen molar-refractivity contribution in [1.82, 2.24) is 19.8 Å². The third kappa shape index (κ3) is 1.71. The Morgan fingerprint density at radius 2 is 1.95 bits per heavy atom. The quantitative estimate of drug-likeness (QED) is 0.779. The van der Waals surface area contributed by atoms with E-state index in [0.717, 1.165) is 21.4 Å². The molecule has 3 aromatic rings. The maximum atomic E-state index is 9.32. The summed E-state index contributed by atoms with van der Waals surface area (Å²) in [4.78, 5) is 0.838. The van der Waals surface area contributed by atoms with Crippen LogP contribution in [0.1, 0.15) is 31.0 Å². The lowest BCUT2D eigenvalue weighted by molar-refractivity contribution is 0.395. The highest BCUT2D eigenvalue weighted by Gasteiger charge is 2.26. The van der Waals surface area contributed by atoms with E-state index in [1.165, 1.54) is 30.6 Å². The number of phenolic OH excluding ortho intramolecular Hbond substituents is 1. The number of fused-ring (bicyclic) bond motifs is 1. The third-order valence-electron chi connectivity index (χ3n) is 3.60. The Hall–Kier alpha value is -1.95. The molecule has 1 aromatic carbocycles. The lowest BCUT2D eigenvalue weighted by Gasteiger charge is -2.22. The lowest BCUT2D eigenvalue weighted by Crippen LogP contribution is -2.12. The number of phenols is 1. The van der Waals surface area contributed by atoms with Gasteiger partial charge in [0.2, 0.25) is 4.96 Å². The lowest BCUT2D eigenvalue weighted by atomic mass is 9.85. The number of benzene rings is 1. The van der Waals surface area contributed by atoms with Gasteiger partial charge in [-0.25, -0.2) is 0 Å². The van der Waals surface area contributed by atoms with E-state index in [9.17, 15) is 5.11 Å². The largest absolute Gasteiger partial charge is 0.508 e. The zero-order valence-corrected chi connectivity index (χ0v) is 11.0. The number of hydrogen-bond acceptors (Lipinski definition) is 5. The van der Waals surface area contributed by atoms with Crippen LogP contribution >= 0.6 is 11.3 Å². The van der Waals surface area contributed by atoms with E-state index < -0.39 is 0 Å². The van der Waals surface area contributed by atoms with E-state index in [0.29, 0.717) is 5.92 Å². The smallest absolute Gasteiger partial charge is 0.234 e. The number of aromatic hydroxyl groups is 1. The zero-order chi connectivity index (χ0) is 12.8. The molecule has 0 bridgehead atoms. The molecule has 0 spiro atoms. The van der Waals surface area contributed by atoms with Crippen molar-refractivity contribution in [3.63, 3.8) is 0 Å². The second-order valence-corrected chi connectivity index (χ2v) is 5.79. The standard InChI is InChI=1S/C13H12N4OS/c18-10-6-4-9(5-7-10)12-16-17-11(8-2-1-3-8)14-15-13(17)19-12/h4-8,18H,1-3H2. The van der Waals surface area contributed by atoms with Crippen LogP contribution in [0, 0.1) is 0 Å². The summed E-state index contributed by atoms with van der Waals surface area (Å²) in [5.74, 6) is 1.77. The first-order chi connectivity index (χ1) is 9.31. The Morgan fingerprint density at radius 3 is 2.63 bits per heavy atom. The molecule has 0 unspecified atom stereocenters. The van der Waals surface area contributed by atoms with Gasteiger partial charge in [0, 0.05) is 11.5 Å². The minimum Gasteiger partial charge on any atom is -0.508 e. The van der Waals surface area contributed by atoms with Crippen LogP contribution in [0.25, 0.3) is 15.5 Å². The van der Waals surface area contributed by atoms with Gasteiger partial charge in [-0.15, -0.1) is 10.2 Å². The molecule has 4 rings (SSSR count). The topological polar surface area (TPSA) is 63.3 Å². The van der Waals surface area contributed by atoms with Crippen LogP contribution < -0.4 is 0 Å². The summed E-state index contributed by atoms with van der Waals surface area (Å²) in [7, 11) is 0. The highest BCUT2D eigenvalue weighted by molar-refractivity contribution is 7.19. The van der Waals surface area contributed by atoms with Gasteiger partial charge in [0.05, 0.1) is 0 Å². The van der Waals surface area contributed by atoms with Crippen molar-refractivity contribution >= 4 is 16.3 Å². The molecule has 0 saturated heterocycles. The van der Waals surface area contributed by atoms with Crippen LogP contribution in [0.2, 0.25) is 0 Å². The van der Waals surface area contributed by atoms with Crippen LogP contribution in [-0.4, -0.2) is 24.9 Å². The predicted octanol–water partition coefficient (Wildman–Crippen LogP) is 2.83. The first kappa shape index (κ1) is 10.9. The normalized spacial score (nSPS) is 15.8. The average molecular weight is 272 g/mol. The SMILES string of the molecule is Oc1ccc(-c2nn3c(C4CCC4)nnc3s2)cc1. The van der Waals surface area contributed by atoms with Gasteiger partial charge in [-0.1, -0.05) is 17.8 Å². The molecule has 2 heterocycles. The first-order valence-corrected chi connectivity index (χ1v) is 7.14. The summed E-state index contributed by atoms with van der Waals surface area (Å²) in [6.07, 6.45) is 3.65. The number of nitrogens with zero attached hydrogens (tertiary/aromatic N) is 4. The second kappa shape index (κ2) is 4.03. The van der Waals surface area contributed by atoms with Gasteiger partial charge in [-0.3, -0.25) is 0 Å². The third-order valence-corrected chi connectivity index (χ3v) is 4.55. The highest BCUT2D eigenvalue weighted by atomic mass is 32.1. The van der Waals surface area contributed by atoms with E-state index >= 15 is 0 Å². The van der Waals surface area contributed by atoms with E-state index in [2.05, 4.69) is 15.3 Å². The van der Waals surface area contributed by atoms with Gasteiger partial charge in [0.25, 0.3) is 0 Å². The van der Waals surface area contributed by atoms with E-state index in [1.807, 2.05) is 16.6 Å². The van der Waals surface area contributed by atoms with Crippen molar-refractivity contribution in [2.75, 3.05) is 0 Å². The van der Waals surface area contributed by atoms with Crippen LogP contribution in [0.3, 0.4) is 0 Å². The average Bonchev–Trinajstić information content (AvgIpc) is 2.90. The van der Waals surface area contributed by atoms with Gasteiger partial charge in [-0.05, 0) is 37.1 Å². The summed E-state index contributed by atoms with van der Waals surface area (Å²) in [6, 6.07) is 7.07. The molecule has 2 aromatic heterocycles. The molecule has 1 aliphatic rings. The summed E-state index contributed by atoms with van der Waals surface area (Å²) < 4.78 is 1.87. The number of rotatable bonds is 2. The zero-order valence-electron chi connectivity index (χ0n) is 10.2. The molecule has 0 atom stereocenters. The first-order valence-electron chi connectivity index (χ1n) is 6.33. The summed E-state index contributed by atoms with van der Waals surface area (Å²) >= 11 is 1.53. The molecule has 0 radical (unpaired) electrons. The molecule has 1 fully saturated rings. The molecule has 0 aliphatic heterocycles. The highest BCUT2D eigenvalue weighted by Crippen LogP contribution is 2.36. The molecule has 5 nitrogen and oxygen atoms in total. The fourth-order valence-electron chi connectivity index (χ4n) is 2.27. The molecule has 1 saturated carbocycles. The fourth-order valence-corrected chi connectivity index (χ4v) is 3.13. The van der Waals surface area contributed by atoms with Crippen LogP contribution in [0.15, 0.2) is 24.3 Å². The monoisotopic (exact) mass is 272 g/mol. The van der Waals surface area contributed by atoms with Gasteiger partial charge in [0.1, 0.15) is 10.8 Å². The van der Waals surface area contributed by atoms with Crippen molar-refractivity contribution in [3.8, 4) is 16.3 Å². The van der Waals surface area contributed by atoms with Crippen molar-refractivity contribution in [2.45, 2.75) is 25.2 Å². The Bertz CT molecular complexity index is 727. The molecule has 0 amide bonds. The molecule has 1 N–H and O–H groups in total. The van der Waals surface area contributed by atoms with Crippen molar-refractivity contribution in [2.24, 2.45) is 0 Å². The summed E-state index contributed by atoms with van der Waals surface area (Å²) in [6.45, 7) is 0. The van der Waals surface area contributed by atoms with Gasteiger partial charge in [-0.2, -0.15) is 9.61 Å². The van der Waals surface area contributed by atoms with Gasteiger partial charge < -0.3 is 5.11 Å². The summed E-state index contributed by atoms with van der Waals surface area (Å²) in [5.41, 5.74) is 0.993. The number of aromatic nitrogens is 4. The minimum atomic E-state index is 0.266. The number of hydrogen-bond donors (Lipinski definition) is 1. The fraction of sp³-hybridized carbons (Fsp3) is 0.308. The molecule has 1 aliphatic carbocycles. The van der Waals surface area contributed by atoms with Crippen molar-refractivity contribution in [3.05, 3.63) is 30.1 Å². The van der Waals surface area contributed by atoms with Gasteiger partial charge >= 0.3 is 0 Å². The Balaban J connectivity index is 1.79. The summed E-state index contributed by atoms with van der Waals surface area (Å²) in [5, 5.41) is 23.3. The molecule has 96 valence electrons. The molecule has 6 heteroatoms. The molecular formula is C13H12N4OS. The Kier molecular flexibility index (Phi) is 2.32. The Morgan fingerprint density at radius 1 is 1.16 bits per heavy atom. The van der Waals surface area contributed by atoms with E-state index in [-0.39, 0.29) is 5.75 Å². The molecular weight excluding hydrogens is 260 g/mol. The second-order valence-electron chi connectivity index (χ2n) is 4.83. The Labute approximate surface area is 113 Å². The maximum Gasteiger partial charge on any atom is 0.234 e. The van der Waals surface area contributed by atoms with Crippen molar-refractivity contribution < 1.29 is 5.11 Å². The van der Waals surface area contributed by atoms with E-state index in [1.54, 1.807) is 12.1 Å². The van der Waals surface area contributed by atoms with Gasteiger partial charge in [0.15, 0.2) is 5.82 Å². The van der Waals surface area contributed by atoms with Crippen LogP contribution in [-0.2, 0) is 0 Å². The van der Waals surface area contributed by atoms with Crippen LogP contribution in [0.5, 0.6) is 5.75 Å².